The van der Waals surface area contributed by atoms with E-state index in [-0.39, 0.29) is 0 Å². The summed E-state index contributed by atoms with van der Waals surface area (Å²) in [6.45, 7) is 0. The van der Waals surface area contributed by atoms with Crippen molar-refractivity contribution in [1.29, 1.82) is 0 Å². The summed E-state index contributed by atoms with van der Waals surface area (Å²) in [5, 5.41) is 3.04. The molecule has 0 bridgehead atoms. The van der Waals surface area contributed by atoms with Crippen molar-refractivity contribution in [3.63, 3.8) is 0 Å². The molecule has 68 valence electrons. The summed E-state index contributed by atoms with van der Waals surface area (Å²) in [4.78, 5) is 10.4. The third-order valence-electron chi connectivity index (χ3n) is 2.38. The first kappa shape index (κ1) is 8.23. The number of furan rings is 1. The van der Waals surface area contributed by atoms with Crippen LogP contribution >= 0.6 is 0 Å². The third-order valence-corrected chi connectivity index (χ3v) is 2.38. The molecular formula is C10H11NO2. The van der Waals surface area contributed by atoms with E-state index < -0.39 is 0 Å². The summed E-state index contributed by atoms with van der Waals surface area (Å²) >= 11 is 0. The fraction of sp³-hybridized carbons (Fsp3) is 0.400. The zero-order valence-corrected chi connectivity index (χ0v) is 7.32. The highest BCUT2D eigenvalue weighted by Gasteiger charge is 2.16. The predicted octanol–water partition coefficient (Wildman–Crippen LogP) is 3.03. The van der Waals surface area contributed by atoms with Crippen LogP contribution in [0.15, 0.2) is 39.3 Å². The highest BCUT2D eigenvalue weighted by Crippen LogP contribution is 2.29. The summed E-state index contributed by atoms with van der Waals surface area (Å²) in [5.74, 6) is 0.915. The average molecular weight is 177 g/mol. The zero-order valence-electron chi connectivity index (χ0n) is 7.32. The molecule has 0 N–H and O–H groups in total. The van der Waals surface area contributed by atoms with E-state index in [0.717, 1.165) is 42.7 Å². The van der Waals surface area contributed by atoms with Crippen LogP contribution < -0.4 is 0 Å². The minimum Gasteiger partial charge on any atom is -0.469 e. The van der Waals surface area contributed by atoms with Crippen molar-refractivity contribution < 1.29 is 4.42 Å². The Hall–Kier alpha value is -1.38. The maximum Gasteiger partial charge on any atom is 0.107 e. The lowest BCUT2D eigenvalue weighted by molar-refractivity contribution is 0.517. The predicted molar refractivity (Wildman–Crippen MR) is 49.1 cm³/mol. The topological polar surface area (TPSA) is 42.6 Å². The van der Waals surface area contributed by atoms with Gasteiger partial charge in [-0.1, -0.05) is 0 Å². The van der Waals surface area contributed by atoms with Crippen LogP contribution in [0.2, 0.25) is 0 Å². The number of nitrogens with zero attached hydrogens (tertiary/aromatic N) is 1. The average Bonchev–Trinajstić information content (AvgIpc) is 2.76. The van der Waals surface area contributed by atoms with Crippen LogP contribution in [0.25, 0.3) is 0 Å². The van der Waals surface area contributed by atoms with Crippen molar-refractivity contribution >= 4 is 0 Å². The van der Waals surface area contributed by atoms with Gasteiger partial charge in [0, 0.05) is 6.42 Å². The zero-order chi connectivity index (χ0) is 9.10. The normalized spacial score (nSPS) is 16.6. The summed E-state index contributed by atoms with van der Waals surface area (Å²) in [6.07, 6.45) is 5.27. The van der Waals surface area contributed by atoms with Crippen molar-refractivity contribution in [2.45, 2.75) is 25.7 Å². The Labute approximate surface area is 76.4 Å². The van der Waals surface area contributed by atoms with Gasteiger partial charge in [-0.3, -0.25) is 0 Å². The number of hydrogen-bond acceptors (Lipinski definition) is 3. The van der Waals surface area contributed by atoms with Crippen LogP contribution in [-0.4, -0.2) is 0 Å². The molecule has 0 aromatic carbocycles. The Morgan fingerprint density at radius 3 is 3.08 bits per heavy atom. The van der Waals surface area contributed by atoms with Gasteiger partial charge in [-0.05, 0) is 42.1 Å². The maximum absolute atomic E-state index is 10.4. The molecule has 0 unspecified atom stereocenters. The Kier molecular flexibility index (Phi) is 2.25. The molecule has 1 aromatic rings. The lowest BCUT2D eigenvalue weighted by Gasteiger charge is -1.97. The number of nitroso groups, excluding NO2 is 1. The quantitative estimate of drug-likeness (QED) is 0.666. The van der Waals surface area contributed by atoms with E-state index in [2.05, 4.69) is 5.18 Å². The molecule has 3 heteroatoms. The Morgan fingerprint density at radius 2 is 2.38 bits per heavy atom. The molecule has 3 nitrogen and oxygen atoms in total. The van der Waals surface area contributed by atoms with E-state index in [1.807, 2.05) is 12.1 Å². The van der Waals surface area contributed by atoms with Crippen molar-refractivity contribution in [2.75, 3.05) is 0 Å². The molecule has 0 amide bonds. The SMILES string of the molecule is O=NC1=C(Cc2ccco2)CCC1. The first-order valence-corrected chi connectivity index (χ1v) is 4.47. The fourth-order valence-electron chi connectivity index (χ4n) is 1.71. The van der Waals surface area contributed by atoms with E-state index in [0.29, 0.717) is 0 Å². The molecule has 2 rings (SSSR count). The standard InChI is InChI=1S/C10H11NO2/c12-11-10-5-1-3-8(10)7-9-4-2-6-13-9/h2,4,6H,1,3,5,7H2. The number of allylic oxidation sites excluding steroid dienone is 2. The van der Waals surface area contributed by atoms with Crippen molar-refractivity contribution in [3.05, 3.63) is 40.3 Å². The van der Waals surface area contributed by atoms with E-state index >= 15 is 0 Å². The lowest BCUT2D eigenvalue weighted by atomic mass is 10.1. The van der Waals surface area contributed by atoms with E-state index in [1.165, 1.54) is 0 Å². The van der Waals surface area contributed by atoms with Crippen LogP contribution in [0.1, 0.15) is 25.0 Å². The maximum atomic E-state index is 10.4. The monoisotopic (exact) mass is 177 g/mol. The molecule has 1 aromatic heterocycles. The molecule has 0 saturated carbocycles. The minimum absolute atomic E-state index is 0.733. The van der Waals surface area contributed by atoms with Gasteiger partial charge in [0.2, 0.25) is 0 Å². The highest BCUT2D eigenvalue weighted by atomic mass is 16.3. The molecule has 0 fully saturated rings. The van der Waals surface area contributed by atoms with Gasteiger partial charge in [0.05, 0.1) is 12.0 Å². The van der Waals surface area contributed by atoms with Crippen LogP contribution in [0.5, 0.6) is 0 Å². The van der Waals surface area contributed by atoms with Gasteiger partial charge >= 0.3 is 0 Å². The molecule has 1 aliphatic rings. The van der Waals surface area contributed by atoms with E-state index in [1.54, 1.807) is 6.26 Å². The minimum atomic E-state index is 0.733. The lowest BCUT2D eigenvalue weighted by Crippen LogP contribution is -1.86. The summed E-state index contributed by atoms with van der Waals surface area (Å²) in [6, 6.07) is 3.78. The molecule has 0 aliphatic heterocycles. The molecule has 0 saturated heterocycles. The van der Waals surface area contributed by atoms with Gasteiger partial charge in [0.25, 0.3) is 0 Å². The molecule has 13 heavy (non-hydrogen) atoms. The van der Waals surface area contributed by atoms with E-state index in [4.69, 9.17) is 4.42 Å². The van der Waals surface area contributed by atoms with Gasteiger partial charge in [-0.25, -0.2) is 0 Å². The molecule has 1 aliphatic carbocycles. The van der Waals surface area contributed by atoms with Gasteiger partial charge in [-0.15, -0.1) is 4.91 Å². The number of hydrogen-bond donors (Lipinski definition) is 0. The summed E-state index contributed by atoms with van der Waals surface area (Å²) < 4.78 is 5.21. The largest absolute Gasteiger partial charge is 0.469 e. The molecule has 0 atom stereocenters. The van der Waals surface area contributed by atoms with Gasteiger partial charge in [0.1, 0.15) is 5.76 Å². The van der Waals surface area contributed by atoms with Crippen molar-refractivity contribution in [1.82, 2.24) is 0 Å². The van der Waals surface area contributed by atoms with Crippen molar-refractivity contribution in [2.24, 2.45) is 5.18 Å². The smallest absolute Gasteiger partial charge is 0.107 e. The van der Waals surface area contributed by atoms with Crippen LogP contribution in [-0.2, 0) is 6.42 Å². The Bertz CT molecular complexity index is 325. The van der Waals surface area contributed by atoms with E-state index in [9.17, 15) is 4.91 Å². The summed E-state index contributed by atoms with van der Waals surface area (Å²) in [7, 11) is 0. The molecular weight excluding hydrogens is 166 g/mol. The second-order valence-electron chi connectivity index (χ2n) is 3.25. The highest BCUT2D eigenvalue weighted by molar-refractivity contribution is 5.22. The van der Waals surface area contributed by atoms with Gasteiger partial charge in [0.15, 0.2) is 0 Å². The first-order chi connectivity index (χ1) is 6.40. The molecule has 0 radical (unpaired) electrons. The van der Waals surface area contributed by atoms with Gasteiger partial charge in [-0.2, -0.15) is 0 Å². The Balaban J connectivity index is 2.13. The number of rotatable bonds is 3. The second kappa shape index (κ2) is 3.56. The van der Waals surface area contributed by atoms with Crippen molar-refractivity contribution in [3.8, 4) is 0 Å². The fourth-order valence-corrected chi connectivity index (χ4v) is 1.71. The van der Waals surface area contributed by atoms with Crippen LogP contribution in [0.4, 0.5) is 0 Å². The first-order valence-electron chi connectivity index (χ1n) is 4.47. The molecule has 1 heterocycles. The third kappa shape index (κ3) is 1.69. The summed E-state index contributed by atoms with van der Waals surface area (Å²) in [5.41, 5.74) is 1.88. The Morgan fingerprint density at radius 1 is 1.46 bits per heavy atom. The van der Waals surface area contributed by atoms with Crippen LogP contribution in [0, 0.1) is 4.91 Å². The van der Waals surface area contributed by atoms with Crippen LogP contribution in [0.3, 0.4) is 0 Å². The molecule has 0 spiro atoms. The van der Waals surface area contributed by atoms with Gasteiger partial charge < -0.3 is 4.42 Å². The second-order valence-corrected chi connectivity index (χ2v) is 3.25.